The van der Waals surface area contributed by atoms with Crippen molar-refractivity contribution in [3.63, 3.8) is 0 Å². The highest BCUT2D eigenvalue weighted by Gasteiger charge is 2.30. The maximum Gasteiger partial charge on any atom is 0.157 e. The number of ether oxygens (including phenoxy) is 2. The molecule has 2 nitrogen and oxygen atoms in total. The van der Waals surface area contributed by atoms with Crippen molar-refractivity contribution in [1.29, 1.82) is 0 Å². The monoisotopic (exact) mass is 320 g/mol. The van der Waals surface area contributed by atoms with Crippen molar-refractivity contribution in [3.8, 4) is 0 Å². The van der Waals surface area contributed by atoms with Crippen molar-refractivity contribution in [2.24, 2.45) is 17.8 Å². The lowest BCUT2D eigenvalue weighted by Crippen LogP contribution is -2.37. The molecule has 0 aromatic heterocycles. The second-order valence-corrected chi connectivity index (χ2v) is 7.50. The second-order valence-electron chi connectivity index (χ2n) is 7.50. The summed E-state index contributed by atoms with van der Waals surface area (Å²) in [6, 6.07) is 5.46. The summed E-state index contributed by atoms with van der Waals surface area (Å²) in [7, 11) is 0. The van der Waals surface area contributed by atoms with Crippen LogP contribution in [0.25, 0.3) is 0 Å². The SMILES string of the molecule is Cc1ccc(CCC2OCC(C3CCC(C)CC3)CO2)cc1F. The van der Waals surface area contributed by atoms with Gasteiger partial charge in [0.15, 0.2) is 6.29 Å². The number of rotatable bonds is 4. The van der Waals surface area contributed by atoms with E-state index < -0.39 is 0 Å². The van der Waals surface area contributed by atoms with Crippen molar-refractivity contribution in [2.45, 2.75) is 58.7 Å². The van der Waals surface area contributed by atoms with E-state index >= 15 is 0 Å². The number of hydrogen-bond donors (Lipinski definition) is 0. The lowest BCUT2D eigenvalue weighted by Gasteiger charge is -2.37. The zero-order valence-electron chi connectivity index (χ0n) is 14.4. The molecule has 1 aliphatic heterocycles. The molecule has 128 valence electrons. The zero-order chi connectivity index (χ0) is 16.2. The molecule has 1 saturated carbocycles. The Morgan fingerprint density at radius 1 is 1.04 bits per heavy atom. The van der Waals surface area contributed by atoms with Gasteiger partial charge in [-0.1, -0.05) is 31.9 Å². The molecule has 1 heterocycles. The molecule has 3 rings (SSSR count). The fourth-order valence-corrected chi connectivity index (χ4v) is 3.83. The van der Waals surface area contributed by atoms with Crippen LogP contribution in [0.1, 0.15) is 50.2 Å². The summed E-state index contributed by atoms with van der Waals surface area (Å²) in [6.45, 7) is 5.80. The van der Waals surface area contributed by atoms with Crippen LogP contribution >= 0.6 is 0 Å². The molecule has 1 aromatic carbocycles. The maximum absolute atomic E-state index is 13.6. The van der Waals surface area contributed by atoms with Crippen LogP contribution in [0.3, 0.4) is 0 Å². The number of hydrogen-bond acceptors (Lipinski definition) is 2. The number of halogens is 1. The summed E-state index contributed by atoms with van der Waals surface area (Å²) in [6.07, 6.45) is 6.83. The minimum atomic E-state index is -0.127. The quantitative estimate of drug-likeness (QED) is 0.787. The first-order valence-electron chi connectivity index (χ1n) is 9.10. The van der Waals surface area contributed by atoms with Gasteiger partial charge in [-0.3, -0.25) is 0 Å². The smallest absolute Gasteiger partial charge is 0.157 e. The largest absolute Gasteiger partial charge is 0.352 e. The van der Waals surface area contributed by atoms with Crippen LogP contribution in [-0.4, -0.2) is 19.5 Å². The highest BCUT2D eigenvalue weighted by atomic mass is 19.1. The third kappa shape index (κ3) is 4.54. The van der Waals surface area contributed by atoms with Gasteiger partial charge in [-0.05, 0) is 55.2 Å². The molecule has 0 amide bonds. The molecular weight excluding hydrogens is 291 g/mol. The van der Waals surface area contributed by atoms with Crippen molar-refractivity contribution in [3.05, 3.63) is 35.1 Å². The van der Waals surface area contributed by atoms with Gasteiger partial charge in [0.05, 0.1) is 13.2 Å². The van der Waals surface area contributed by atoms with Gasteiger partial charge >= 0.3 is 0 Å². The van der Waals surface area contributed by atoms with Crippen LogP contribution in [0.2, 0.25) is 0 Å². The molecule has 0 atom stereocenters. The van der Waals surface area contributed by atoms with Crippen LogP contribution < -0.4 is 0 Å². The van der Waals surface area contributed by atoms with E-state index in [0.29, 0.717) is 11.5 Å². The molecule has 0 bridgehead atoms. The number of aryl methyl sites for hydroxylation is 2. The molecule has 2 aliphatic rings. The van der Waals surface area contributed by atoms with E-state index in [1.54, 1.807) is 13.0 Å². The third-order valence-electron chi connectivity index (χ3n) is 5.62. The van der Waals surface area contributed by atoms with Gasteiger partial charge in [0.2, 0.25) is 0 Å². The first-order chi connectivity index (χ1) is 11.1. The van der Waals surface area contributed by atoms with Gasteiger partial charge in [-0.15, -0.1) is 0 Å². The molecule has 0 spiro atoms. The molecule has 0 radical (unpaired) electrons. The van der Waals surface area contributed by atoms with Gasteiger partial charge in [0.1, 0.15) is 5.82 Å². The fourth-order valence-electron chi connectivity index (χ4n) is 3.83. The van der Waals surface area contributed by atoms with E-state index in [1.165, 1.54) is 25.7 Å². The zero-order valence-corrected chi connectivity index (χ0v) is 14.4. The van der Waals surface area contributed by atoms with E-state index in [1.807, 2.05) is 12.1 Å². The van der Waals surface area contributed by atoms with Crippen molar-refractivity contribution in [2.75, 3.05) is 13.2 Å². The normalized spacial score (nSPS) is 32.0. The Kier molecular flexibility index (Phi) is 5.71. The molecule has 1 aromatic rings. The topological polar surface area (TPSA) is 18.5 Å². The van der Waals surface area contributed by atoms with Crippen molar-refractivity contribution < 1.29 is 13.9 Å². The summed E-state index contributed by atoms with van der Waals surface area (Å²) in [5, 5.41) is 0. The van der Waals surface area contributed by atoms with Crippen LogP contribution in [-0.2, 0) is 15.9 Å². The van der Waals surface area contributed by atoms with Crippen LogP contribution in [0.15, 0.2) is 18.2 Å². The van der Waals surface area contributed by atoms with E-state index in [4.69, 9.17) is 9.47 Å². The van der Waals surface area contributed by atoms with Crippen molar-refractivity contribution in [1.82, 2.24) is 0 Å². The Balaban J connectivity index is 1.41. The van der Waals surface area contributed by atoms with Crippen LogP contribution in [0, 0.1) is 30.5 Å². The molecule has 2 fully saturated rings. The van der Waals surface area contributed by atoms with Gasteiger partial charge in [-0.2, -0.15) is 0 Å². The minimum absolute atomic E-state index is 0.125. The summed E-state index contributed by atoms with van der Waals surface area (Å²) < 4.78 is 25.4. The Hall–Kier alpha value is -0.930. The van der Waals surface area contributed by atoms with Crippen LogP contribution in [0.5, 0.6) is 0 Å². The van der Waals surface area contributed by atoms with Gasteiger partial charge in [0, 0.05) is 12.3 Å². The predicted octanol–water partition coefficient (Wildman–Crippen LogP) is 4.88. The molecular formula is C20H29FO2. The van der Waals surface area contributed by atoms with Crippen molar-refractivity contribution >= 4 is 0 Å². The Morgan fingerprint density at radius 2 is 1.74 bits per heavy atom. The summed E-state index contributed by atoms with van der Waals surface area (Å²) in [5.41, 5.74) is 1.72. The van der Waals surface area contributed by atoms with Gasteiger partial charge < -0.3 is 9.47 Å². The Labute approximate surface area is 139 Å². The lowest BCUT2D eigenvalue weighted by atomic mass is 9.76. The predicted molar refractivity (Wildman–Crippen MR) is 89.8 cm³/mol. The minimum Gasteiger partial charge on any atom is -0.352 e. The Morgan fingerprint density at radius 3 is 2.39 bits per heavy atom. The highest BCUT2D eigenvalue weighted by molar-refractivity contribution is 5.23. The fraction of sp³-hybridized carbons (Fsp3) is 0.700. The average Bonchev–Trinajstić information content (AvgIpc) is 2.57. The molecule has 1 saturated heterocycles. The molecule has 0 unspecified atom stereocenters. The summed E-state index contributed by atoms with van der Waals surface area (Å²) in [4.78, 5) is 0. The lowest BCUT2D eigenvalue weighted by molar-refractivity contribution is -0.212. The number of benzene rings is 1. The molecule has 1 aliphatic carbocycles. The first-order valence-corrected chi connectivity index (χ1v) is 9.10. The van der Waals surface area contributed by atoms with E-state index in [2.05, 4.69) is 6.92 Å². The summed E-state index contributed by atoms with van der Waals surface area (Å²) in [5.74, 6) is 2.10. The molecule has 23 heavy (non-hydrogen) atoms. The van der Waals surface area contributed by atoms with Gasteiger partial charge in [-0.25, -0.2) is 4.39 Å². The molecule has 3 heteroatoms. The standard InChI is InChI=1S/C20H29FO2/c1-14-3-8-17(9-4-14)18-12-22-20(23-13-18)10-7-16-6-5-15(2)19(21)11-16/h5-6,11,14,17-18,20H,3-4,7-10,12-13H2,1-2H3. The highest BCUT2D eigenvalue weighted by Crippen LogP contribution is 2.35. The maximum atomic E-state index is 13.6. The molecule has 0 N–H and O–H groups in total. The van der Waals surface area contributed by atoms with E-state index in [0.717, 1.165) is 43.5 Å². The third-order valence-corrected chi connectivity index (χ3v) is 5.62. The Bertz CT molecular complexity index is 500. The average molecular weight is 320 g/mol. The van der Waals surface area contributed by atoms with Gasteiger partial charge in [0.25, 0.3) is 0 Å². The van der Waals surface area contributed by atoms with E-state index in [-0.39, 0.29) is 12.1 Å². The van der Waals surface area contributed by atoms with Crippen LogP contribution in [0.4, 0.5) is 4.39 Å². The summed E-state index contributed by atoms with van der Waals surface area (Å²) >= 11 is 0. The van der Waals surface area contributed by atoms with E-state index in [9.17, 15) is 4.39 Å². The second kappa shape index (κ2) is 7.76. The first kappa shape index (κ1) is 16.9.